The average molecular weight is 310 g/mol. The van der Waals surface area contributed by atoms with E-state index < -0.39 is 5.60 Å². The van der Waals surface area contributed by atoms with E-state index in [1.54, 1.807) is 18.2 Å². The van der Waals surface area contributed by atoms with E-state index in [2.05, 4.69) is 10.1 Å². The molecule has 6 heteroatoms. The zero-order valence-electron chi connectivity index (χ0n) is 12.5. The highest BCUT2D eigenvalue weighted by Gasteiger charge is 2.34. The number of halogens is 1. The summed E-state index contributed by atoms with van der Waals surface area (Å²) < 4.78 is 11.2. The summed E-state index contributed by atoms with van der Waals surface area (Å²) in [5.41, 5.74) is 6.44. The lowest BCUT2D eigenvalue weighted by atomic mass is 9.96. The summed E-state index contributed by atoms with van der Waals surface area (Å²) in [4.78, 5) is 4.48. The van der Waals surface area contributed by atoms with Crippen LogP contribution >= 0.6 is 11.6 Å². The number of nitrogens with zero attached hydrogens (tertiary/aromatic N) is 2. The zero-order chi connectivity index (χ0) is 15.5. The van der Waals surface area contributed by atoms with Gasteiger partial charge in [0.2, 0.25) is 5.82 Å². The number of benzene rings is 1. The SMILES string of the molecule is CCOC(CC)(CC)c1noc(-c2ccc(N)cc2Cl)n1. The second kappa shape index (κ2) is 6.45. The Morgan fingerprint density at radius 2 is 2.00 bits per heavy atom. The standard InChI is InChI=1S/C15H20ClN3O2/c1-4-15(5-2,20-6-3)14-18-13(21-19-14)11-8-7-10(17)9-12(11)16/h7-9H,4-6,17H2,1-3H3. The van der Waals surface area contributed by atoms with Gasteiger partial charge >= 0.3 is 0 Å². The molecule has 0 bridgehead atoms. The van der Waals surface area contributed by atoms with Crippen molar-refractivity contribution in [3.8, 4) is 11.5 Å². The highest BCUT2D eigenvalue weighted by atomic mass is 35.5. The molecule has 2 rings (SSSR count). The molecule has 1 aromatic heterocycles. The summed E-state index contributed by atoms with van der Waals surface area (Å²) in [7, 11) is 0. The maximum atomic E-state index is 6.18. The van der Waals surface area contributed by atoms with Crippen molar-refractivity contribution in [1.82, 2.24) is 10.1 Å². The van der Waals surface area contributed by atoms with Crippen molar-refractivity contribution in [2.75, 3.05) is 12.3 Å². The van der Waals surface area contributed by atoms with Crippen LogP contribution in [0.3, 0.4) is 0 Å². The quantitative estimate of drug-likeness (QED) is 0.816. The summed E-state index contributed by atoms with van der Waals surface area (Å²) >= 11 is 6.18. The largest absolute Gasteiger partial charge is 0.399 e. The summed E-state index contributed by atoms with van der Waals surface area (Å²) in [5, 5.41) is 4.57. The lowest BCUT2D eigenvalue weighted by Crippen LogP contribution is -2.29. The Bertz CT molecular complexity index is 609. The van der Waals surface area contributed by atoms with E-state index in [9.17, 15) is 0 Å². The minimum absolute atomic E-state index is 0.376. The molecular weight excluding hydrogens is 290 g/mol. The van der Waals surface area contributed by atoms with E-state index in [0.29, 0.717) is 34.6 Å². The van der Waals surface area contributed by atoms with E-state index in [-0.39, 0.29) is 0 Å². The molecule has 2 N–H and O–H groups in total. The van der Waals surface area contributed by atoms with Crippen molar-refractivity contribution in [3.63, 3.8) is 0 Å². The maximum absolute atomic E-state index is 6.18. The van der Waals surface area contributed by atoms with Crippen LogP contribution < -0.4 is 5.73 Å². The van der Waals surface area contributed by atoms with Crippen LogP contribution in [0.2, 0.25) is 5.02 Å². The Morgan fingerprint density at radius 3 is 2.57 bits per heavy atom. The molecule has 0 aliphatic rings. The second-order valence-electron chi connectivity index (χ2n) is 4.80. The fourth-order valence-corrected chi connectivity index (χ4v) is 2.60. The zero-order valence-corrected chi connectivity index (χ0v) is 13.3. The molecule has 0 unspecified atom stereocenters. The van der Waals surface area contributed by atoms with Crippen LogP contribution in [0, 0.1) is 0 Å². The summed E-state index contributed by atoms with van der Waals surface area (Å²) in [5.74, 6) is 0.929. The van der Waals surface area contributed by atoms with Crippen molar-refractivity contribution in [2.45, 2.75) is 39.2 Å². The molecule has 5 nitrogen and oxygen atoms in total. The van der Waals surface area contributed by atoms with Gasteiger partial charge in [-0.1, -0.05) is 30.6 Å². The molecule has 0 saturated carbocycles. The van der Waals surface area contributed by atoms with Gasteiger partial charge in [-0.15, -0.1) is 0 Å². The first-order valence-corrected chi connectivity index (χ1v) is 7.47. The smallest absolute Gasteiger partial charge is 0.259 e. The number of rotatable bonds is 6. The maximum Gasteiger partial charge on any atom is 0.259 e. The van der Waals surface area contributed by atoms with Crippen LogP contribution in [0.15, 0.2) is 22.7 Å². The number of nitrogen functional groups attached to an aromatic ring is 1. The highest BCUT2D eigenvalue weighted by Crippen LogP contribution is 2.34. The van der Waals surface area contributed by atoms with E-state index in [1.165, 1.54) is 0 Å². The van der Waals surface area contributed by atoms with E-state index in [0.717, 1.165) is 12.8 Å². The van der Waals surface area contributed by atoms with Crippen molar-refractivity contribution in [3.05, 3.63) is 29.0 Å². The lowest BCUT2D eigenvalue weighted by Gasteiger charge is -2.27. The fraction of sp³-hybridized carbons (Fsp3) is 0.467. The molecule has 1 aromatic carbocycles. The Hall–Kier alpha value is -1.59. The molecule has 0 spiro atoms. The molecule has 1 heterocycles. The predicted octanol–water partition coefficient (Wildman–Crippen LogP) is 4.02. The van der Waals surface area contributed by atoms with Crippen molar-refractivity contribution < 1.29 is 9.26 Å². The lowest BCUT2D eigenvalue weighted by molar-refractivity contribution is -0.0583. The fourth-order valence-electron chi connectivity index (χ4n) is 2.33. The summed E-state index contributed by atoms with van der Waals surface area (Å²) in [6.07, 6.45) is 1.54. The number of nitrogens with two attached hydrogens (primary N) is 1. The first-order valence-electron chi connectivity index (χ1n) is 7.09. The molecule has 21 heavy (non-hydrogen) atoms. The second-order valence-corrected chi connectivity index (χ2v) is 5.20. The third-order valence-electron chi connectivity index (χ3n) is 3.62. The van der Waals surface area contributed by atoms with Gasteiger partial charge in [0.25, 0.3) is 5.89 Å². The van der Waals surface area contributed by atoms with Crippen LogP contribution in [-0.2, 0) is 10.3 Å². The Balaban J connectivity index is 2.40. The molecule has 0 aliphatic heterocycles. The minimum Gasteiger partial charge on any atom is -0.399 e. The summed E-state index contributed by atoms with van der Waals surface area (Å²) in [6, 6.07) is 5.19. The van der Waals surface area contributed by atoms with Crippen LogP contribution in [0.5, 0.6) is 0 Å². The van der Waals surface area contributed by atoms with Crippen molar-refractivity contribution in [1.29, 1.82) is 0 Å². The molecule has 0 fully saturated rings. The predicted molar refractivity (Wildman–Crippen MR) is 83.0 cm³/mol. The topological polar surface area (TPSA) is 74.2 Å². The first kappa shape index (κ1) is 15.8. The van der Waals surface area contributed by atoms with Gasteiger partial charge in [-0.25, -0.2) is 0 Å². The van der Waals surface area contributed by atoms with E-state index in [4.69, 9.17) is 26.6 Å². The van der Waals surface area contributed by atoms with E-state index in [1.807, 2.05) is 20.8 Å². The molecular formula is C15H20ClN3O2. The number of hydrogen-bond acceptors (Lipinski definition) is 5. The number of hydrogen-bond donors (Lipinski definition) is 1. The van der Waals surface area contributed by atoms with Crippen molar-refractivity contribution in [2.24, 2.45) is 0 Å². The Kier molecular flexibility index (Phi) is 4.85. The normalized spacial score (nSPS) is 11.8. The van der Waals surface area contributed by atoms with Crippen LogP contribution in [0.4, 0.5) is 5.69 Å². The average Bonchev–Trinajstić information content (AvgIpc) is 2.95. The third-order valence-corrected chi connectivity index (χ3v) is 3.93. The van der Waals surface area contributed by atoms with Gasteiger partial charge in [0.15, 0.2) is 0 Å². The van der Waals surface area contributed by atoms with Crippen LogP contribution in [0.25, 0.3) is 11.5 Å². The van der Waals surface area contributed by atoms with E-state index >= 15 is 0 Å². The van der Waals surface area contributed by atoms with Gasteiger partial charge < -0.3 is 15.0 Å². The van der Waals surface area contributed by atoms with Gasteiger partial charge in [-0.2, -0.15) is 4.98 Å². The van der Waals surface area contributed by atoms with Gasteiger partial charge in [0, 0.05) is 12.3 Å². The molecule has 2 aromatic rings. The van der Waals surface area contributed by atoms with Crippen LogP contribution in [-0.4, -0.2) is 16.7 Å². The van der Waals surface area contributed by atoms with Crippen molar-refractivity contribution >= 4 is 17.3 Å². The summed E-state index contributed by atoms with van der Waals surface area (Å²) in [6.45, 7) is 6.64. The van der Waals surface area contributed by atoms with Gasteiger partial charge in [-0.3, -0.25) is 0 Å². The highest BCUT2D eigenvalue weighted by molar-refractivity contribution is 6.33. The van der Waals surface area contributed by atoms with Gasteiger partial charge in [0.1, 0.15) is 5.60 Å². The molecule has 114 valence electrons. The Labute approximate surface area is 129 Å². The number of anilines is 1. The minimum atomic E-state index is -0.517. The number of aromatic nitrogens is 2. The third kappa shape index (κ3) is 3.04. The molecule has 0 atom stereocenters. The first-order chi connectivity index (χ1) is 10.1. The monoisotopic (exact) mass is 309 g/mol. The van der Waals surface area contributed by atoms with Gasteiger partial charge in [-0.05, 0) is 38.0 Å². The molecule has 0 amide bonds. The van der Waals surface area contributed by atoms with Gasteiger partial charge in [0.05, 0.1) is 10.6 Å². The number of ether oxygens (including phenoxy) is 1. The molecule has 0 aliphatic carbocycles. The molecule has 0 saturated heterocycles. The molecule has 0 radical (unpaired) electrons. The Morgan fingerprint density at radius 1 is 1.29 bits per heavy atom. The van der Waals surface area contributed by atoms with Crippen LogP contribution in [0.1, 0.15) is 39.4 Å².